The molecule has 1 aromatic carbocycles. The molecular weight excluding hydrogens is 261 g/mol. The summed E-state index contributed by atoms with van der Waals surface area (Å²) in [5, 5.41) is 5.28. The van der Waals surface area contributed by atoms with Gasteiger partial charge in [-0.15, -0.1) is 11.3 Å². The van der Waals surface area contributed by atoms with E-state index in [2.05, 4.69) is 10.3 Å². The van der Waals surface area contributed by atoms with E-state index in [0.717, 1.165) is 17.8 Å². The summed E-state index contributed by atoms with van der Waals surface area (Å²) >= 11 is 1.26. The molecule has 1 atom stereocenters. The van der Waals surface area contributed by atoms with E-state index in [0.29, 0.717) is 5.01 Å². The summed E-state index contributed by atoms with van der Waals surface area (Å²) in [6.07, 6.45) is 0. The third kappa shape index (κ3) is 2.39. The molecule has 6 heteroatoms. The van der Waals surface area contributed by atoms with Gasteiger partial charge in [-0.05, 0) is 26.1 Å². The van der Waals surface area contributed by atoms with E-state index in [1.54, 1.807) is 12.4 Å². The van der Waals surface area contributed by atoms with Crippen LogP contribution in [0.4, 0.5) is 13.2 Å². The number of hydrogen-bond donors (Lipinski definition) is 1. The highest BCUT2D eigenvalue weighted by molar-refractivity contribution is 7.13. The second kappa shape index (κ2) is 5.07. The monoisotopic (exact) mass is 272 g/mol. The molecule has 1 aromatic heterocycles. The average Bonchev–Trinajstić information content (AvgIpc) is 2.84. The predicted octanol–water partition coefficient (Wildman–Crippen LogP) is 3.51. The molecule has 0 radical (unpaired) electrons. The lowest BCUT2D eigenvalue weighted by atomic mass is 10.2. The molecule has 0 aliphatic heterocycles. The van der Waals surface area contributed by atoms with Crippen molar-refractivity contribution in [2.75, 3.05) is 7.05 Å². The van der Waals surface area contributed by atoms with Gasteiger partial charge in [0, 0.05) is 17.0 Å². The van der Waals surface area contributed by atoms with E-state index in [4.69, 9.17) is 0 Å². The van der Waals surface area contributed by atoms with Crippen molar-refractivity contribution in [3.05, 3.63) is 40.7 Å². The fraction of sp³-hybridized carbons (Fsp3) is 0.250. The molecule has 2 nitrogen and oxygen atoms in total. The summed E-state index contributed by atoms with van der Waals surface area (Å²) in [6.45, 7) is 1.92. The Hall–Kier alpha value is -1.40. The van der Waals surface area contributed by atoms with Gasteiger partial charge < -0.3 is 5.32 Å². The molecule has 0 aliphatic carbocycles. The Morgan fingerprint density at radius 3 is 2.39 bits per heavy atom. The smallest absolute Gasteiger partial charge is 0.194 e. The quantitative estimate of drug-likeness (QED) is 0.865. The van der Waals surface area contributed by atoms with Crippen LogP contribution < -0.4 is 5.32 Å². The number of nitrogens with one attached hydrogen (secondary N) is 1. The van der Waals surface area contributed by atoms with Crippen molar-refractivity contribution < 1.29 is 13.2 Å². The third-order valence-corrected chi connectivity index (χ3v) is 3.54. The van der Waals surface area contributed by atoms with Gasteiger partial charge in [-0.25, -0.2) is 18.2 Å². The van der Waals surface area contributed by atoms with Crippen molar-refractivity contribution in [1.29, 1.82) is 0 Å². The van der Waals surface area contributed by atoms with Crippen molar-refractivity contribution in [2.45, 2.75) is 13.0 Å². The zero-order valence-electron chi connectivity index (χ0n) is 9.80. The standard InChI is InChI=1S/C12H11F3N2S/c1-6(16-2)10-5-18-12(17-10)7-3-8(13)11(15)9(14)4-7/h3-6,16H,1-2H3. The Morgan fingerprint density at radius 2 is 1.83 bits per heavy atom. The van der Waals surface area contributed by atoms with E-state index >= 15 is 0 Å². The van der Waals surface area contributed by atoms with E-state index < -0.39 is 17.5 Å². The van der Waals surface area contributed by atoms with Gasteiger partial charge in [0.15, 0.2) is 17.5 Å². The molecule has 2 aromatic rings. The van der Waals surface area contributed by atoms with E-state index in [-0.39, 0.29) is 11.6 Å². The van der Waals surface area contributed by atoms with Crippen LogP contribution in [0.15, 0.2) is 17.5 Å². The number of halogens is 3. The number of benzene rings is 1. The second-order valence-electron chi connectivity index (χ2n) is 3.84. The van der Waals surface area contributed by atoms with Gasteiger partial charge in [0.25, 0.3) is 0 Å². The summed E-state index contributed by atoms with van der Waals surface area (Å²) in [5.74, 6) is -3.87. The maximum absolute atomic E-state index is 13.1. The number of hydrogen-bond acceptors (Lipinski definition) is 3. The molecule has 0 fully saturated rings. The Morgan fingerprint density at radius 1 is 1.22 bits per heavy atom. The first-order valence-electron chi connectivity index (χ1n) is 5.30. The molecule has 1 N–H and O–H groups in total. The maximum atomic E-state index is 13.1. The van der Waals surface area contributed by atoms with Crippen molar-refractivity contribution in [2.24, 2.45) is 0 Å². The van der Waals surface area contributed by atoms with Crippen molar-refractivity contribution in [1.82, 2.24) is 10.3 Å². The highest BCUT2D eigenvalue weighted by Crippen LogP contribution is 2.28. The molecule has 1 unspecified atom stereocenters. The maximum Gasteiger partial charge on any atom is 0.194 e. The van der Waals surface area contributed by atoms with Crippen LogP contribution in [0.1, 0.15) is 18.7 Å². The van der Waals surface area contributed by atoms with Crippen molar-refractivity contribution in [3.8, 4) is 10.6 Å². The van der Waals surface area contributed by atoms with Crippen LogP contribution in [-0.2, 0) is 0 Å². The molecule has 2 rings (SSSR count). The molecule has 1 heterocycles. The number of aromatic nitrogens is 1. The molecule has 0 amide bonds. The van der Waals surface area contributed by atoms with Gasteiger partial charge in [0.1, 0.15) is 5.01 Å². The normalized spacial score (nSPS) is 12.7. The van der Waals surface area contributed by atoms with Gasteiger partial charge in [0.2, 0.25) is 0 Å². The van der Waals surface area contributed by atoms with Crippen LogP contribution in [0, 0.1) is 17.5 Å². The van der Waals surface area contributed by atoms with Crippen LogP contribution in [0.25, 0.3) is 10.6 Å². The molecule has 0 bridgehead atoms. The van der Waals surface area contributed by atoms with Gasteiger partial charge >= 0.3 is 0 Å². The summed E-state index contributed by atoms with van der Waals surface area (Å²) in [7, 11) is 1.79. The first kappa shape index (κ1) is 13.0. The lowest BCUT2D eigenvalue weighted by Crippen LogP contribution is -2.12. The predicted molar refractivity (Wildman–Crippen MR) is 64.9 cm³/mol. The van der Waals surface area contributed by atoms with Crippen LogP contribution in [0.3, 0.4) is 0 Å². The molecular formula is C12H11F3N2S. The summed E-state index contributed by atoms with van der Waals surface area (Å²) in [6, 6.07) is 1.95. The third-order valence-electron chi connectivity index (χ3n) is 2.63. The fourth-order valence-electron chi connectivity index (χ4n) is 1.44. The van der Waals surface area contributed by atoms with Crippen molar-refractivity contribution in [3.63, 3.8) is 0 Å². The molecule has 0 spiro atoms. The zero-order chi connectivity index (χ0) is 13.3. The Balaban J connectivity index is 2.40. The zero-order valence-corrected chi connectivity index (χ0v) is 10.6. The average molecular weight is 272 g/mol. The minimum Gasteiger partial charge on any atom is -0.312 e. The molecule has 0 aliphatic rings. The summed E-state index contributed by atoms with van der Waals surface area (Å²) in [4.78, 5) is 4.26. The number of thiazole rings is 1. The lowest BCUT2D eigenvalue weighted by molar-refractivity contribution is 0.447. The molecule has 0 saturated carbocycles. The lowest BCUT2D eigenvalue weighted by Gasteiger charge is -2.05. The second-order valence-corrected chi connectivity index (χ2v) is 4.70. The van der Waals surface area contributed by atoms with Crippen LogP contribution in [0.2, 0.25) is 0 Å². The highest BCUT2D eigenvalue weighted by atomic mass is 32.1. The Labute approximate surface area is 106 Å². The van der Waals surface area contributed by atoms with Crippen LogP contribution >= 0.6 is 11.3 Å². The first-order chi connectivity index (χ1) is 8.52. The molecule has 18 heavy (non-hydrogen) atoms. The summed E-state index contributed by atoms with van der Waals surface area (Å²) < 4.78 is 39.1. The number of rotatable bonds is 3. The van der Waals surface area contributed by atoms with E-state index in [1.165, 1.54) is 11.3 Å². The first-order valence-corrected chi connectivity index (χ1v) is 6.18. The minimum absolute atomic E-state index is 0.0464. The minimum atomic E-state index is -1.46. The number of nitrogens with zero attached hydrogens (tertiary/aromatic N) is 1. The molecule has 0 saturated heterocycles. The van der Waals surface area contributed by atoms with Gasteiger partial charge in [-0.2, -0.15) is 0 Å². The van der Waals surface area contributed by atoms with Crippen molar-refractivity contribution >= 4 is 11.3 Å². The summed E-state index contributed by atoms with van der Waals surface area (Å²) in [5.41, 5.74) is 1.02. The van der Waals surface area contributed by atoms with E-state index in [9.17, 15) is 13.2 Å². The highest BCUT2D eigenvalue weighted by Gasteiger charge is 2.15. The largest absolute Gasteiger partial charge is 0.312 e. The van der Waals surface area contributed by atoms with Crippen LogP contribution in [-0.4, -0.2) is 12.0 Å². The van der Waals surface area contributed by atoms with E-state index in [1.807, 2.05) is 6.92 Å². The Kier molecular flexibility index (Phi) is 3.68. The Bertz CT molecular complexity index is 545. The fourth-order valence-corrected chi connectivity index (χ4v) is 2.35. The molecule has 96 valence electrons. The van der Waals surface area contributed by atoms with Gasteiger partial charge in [0.05, 0.1) is 5.69 Å². The van der Waals surface area contributed by atoms with Gasteiger partial charge in [-0.1, -0.05) is 0 Å². The van der Waals surface area contributed by atoms with Crippen LogP contribution in [0.5, 0.6) is 0 Å². The topological polar surface area (TPSA) is 24.9 Å². The van der Waals surface area contributed by atoms with Gasteiger partial charge in [-0.3, -0.25) is 0 Å². The SMILES string of the molecule is CNC(C)c1csc(-c2cc(F)c(F)c(F)c2)n1.